The Morgan fingerprint density at radius 2 is 2.14 bits per heavy atom. The Labute approximate surface area is 125 Å². The first-order chi connectivity index (χ1) is 10.2. The van der Waals surface area contributed by atoms with E-state index in [9.17, 15) is 4.79 Å². The van der Waals surface area contributed by atoms with Gasteiger partial charge in [0.05, 0.1) is 11.3 Å². The number of aryl methyl sites for hydroxylation is 1. The Balaban J connectivity index is 2.16. The van der Waals surface area contributed by atoms with Crippen molar-refractivity contribution in [2.75, 3.05) is 5.75 Å². The van der Waals surface area contributed by atoms with Crippen LogP contribution in [-0.4, -0.2) is 31.4 Å². The molecule has 0 radical (unpaired) electrons. The van der Waals surface area contributed by atoms with E-state index in [1.54, 1.807) is 0 Å². The number of hydrogen-bond donors (Lipinski definition) is 1. The number of benzene rings is 1. The van der Waals surface area contributed by atoms with Crippen LogP contribution in [0, 0.1) is 0 Å². The third-order valence-corrected chi connectivity index (χ3v) is 4.01. The van der Waals surface area contributed by atoms with Gasteiger partial charge in [-0.1, -0.05) is 36.9 Å². The van der Waals surface area contributed by atoms with Crippen molar-refractivity contribution in [3.8, 4) is 0 Å². The lowest BCUT2D eigenvalue weighted by atomic mass is 10.2. The number of carbonyl (C=O) groups is 1. The van der Waals surface area contributed by atoms with E-state index in [-0.39, 0.29) is 5.75 Å². The van der Waals surface area contributed by atoms with Crippen molar-refractivity contribution >= 4 is 39.7 Å². The molecule has 2 heterocycles. The maximum Gasteiger partial charge on any atom is 0.227 e. The van der Waals surface area contributed by atoms with Gasteiger partial charge in [0, 0.05) is 11.9 Å². The molecule has 0 bridgehead atoms. The topological polar surface area (TPSA) is 86.7 Å². The minimum absolute atomic E-state index is 0.154. The first-order valence-electron chi connectivity index (χ1n) is 6.73. The van der Waals surface area contributed by atoms with Gasteiger partial charge in [0.25, 0.3) is 0 Å². The molecule has 0 spiro atoms. The maximum absolute atomic E-state index is 10.9. The number of thioether (sulfide) groups is 1. The monoisotopic (exact) mass is 301 g/mol. The molecule has 0 aliphatic carbocycles. The standard InChI is InChI=1S/C14H15N5OS/c1-2-7-19-10-6-4-3-5-9(10)12-13(19)16-14(18-17-12)21-8-11(15)20/h3-6H,2,7-8H2,1H3,(H2,15,20). The van der Waals surface area contributed by atoms with E-state index < -0.39 is 5.91 Å². The fraction of sp³-hybridized carbons (Fsp3) is 0.286. The van der Waals surface area contributed by atoms with Crippen molar-refractivity contribution in [3.05, 3.63) is 24.3 Å². The molecule has 108 valence electrons. The first kappa shape index (κ1) is 13.8. The fourth-order valence-corrected chi connectivity index (χ4v) is 2.86. The molecule has 3 aromatic rings. The lowest BCUT2D eigenvalue weighted by molar-refractivity contribution is -0.115. The summed E-state index contributed by atoms with van der Waals surface area (Å²) in [6, 6.07) is 8.07. The van der Waals surface area contributed by atoms with Crippen LogP contribution in [0.5, 0.6) is 0 Å². The lowest BCUT2D eigenvalue weighted by Gasteiger charge is -2.04. The predicted molar refractivity (Wildman–Crippen MR) is 83.0 cm³/mol. The molecular weight excluding hydrogens is 286 g/mol. The van der Waals surface area contributed by atoms with E-state index in [0.717, 1.165) is 35.0 Å². The van der Waals surface area contributed by atoms with Crippen LogP contribution in [0.15, 0.2) is 29.4 Å². The number of fused-ring (bicyclic) bond motifs is 3. The van der Waals surface area contributed by atoms with Gasteiger partial charge in [0.1, 0.15) is 5.52 Å². The summed E-state index contributed by atoms with van der Waals surface area (Å²) < 4.78 is 2.15. The van der Waals surface area contributed by atoms with E-state index in [4.69, 9.17) is 5.73 Å². The van der Waals surface area contributed by atoms with Crippen molar-refractivity contribution in [2.45, 2.75) is 25.0 Å². The van der Waals surface area contributed by atoms with Crippen LogP contribution in [-0.2, 0) is 11.3 Å². The molecule has 0 atom stereocenters. The van der Waals surface area contributed by atoms with Crippen molar-refractivity contribution in [1.29, 1.82) is 0 Å². The zero-order valence-corrected chi connectivity index (χ0v) is 12.4. The summed E-state index contributed by atoms with van der Waals surface area (Å²) >= 11 is 1.21. The van der Waals surface area contributed by atoms with Crippen LogP contribution in [0.1, 0.15) is 13.3 Å². The maximum atomic E-state index is 10.9. The third kappa shape index (κ3) is 2.56. The van der Waals surface area contributed by atoms with E-state index in [1.807, 2.05) is 18.2 Å². The van der Waals surface area contributed by atoms with Gasteiger partial charge < -0.3 is 10.3 Å². The van der Waals surface area contributed by atoms with E-state index in [0.29, 0.717) is 5.16 Å². The summed E-state index contributed by atoms with van der Waals surface area (Å²) in [6.45, 7) is 2.99. The van der Waals surface area contributed by atoms with Crippen molar-refractivity contribution < 1.29 is 4.79 Å². The van der Waals surface area contributed by atoms with Gasteiger partial charge in [0.15, 0.2) is 5.65 Å². The van der Waals surface area contributed by atoms with Crippen LogP contribution in [0.3, 0.4) is 0 Å². The van der Waals surface area contributed by atoms with Crippen molar-refractivity contribution in [1.82, 2.24) is 19.7 Å². The number of amides is 1. The van der Waals surface area contributed by atoms with Crippen molar-refractivity contribution in [3.63, 3.8) is 0 Å². The van der Waals surface area contributed by atoms with Gasteiger partial charge in [-0.15, -0.1) is 10.2 Å². The molecule has 2 aromatic heterocycles. The highest BCUT2D eigenvalue weighted by molar-refractivity contribution is 7.99. The highest BCUT2D eigenvalue weighted by Crippen LogP contribution is 2.27. The Bertz CT molecular complexity index is 814. The van der Waals surface area contributed by atoms with Crippen LogP contribution in [0.4, 0.5) is 0 Å². The molecule has 7 heteroatoms. The molecule has 0 aliphatic rings. The second-order valence-corrected chi connectivity index (χ2v) is 5.63. The van der Waals surface area contributed by atoms with Crippen LogP contribution < -0.4 is 5.73 Å². The zero-order chi connectivity index (χ0) is 14.8. The summed E-state index contributed by atoms with van der Waals surface area (Å²) in [5.41, 5.74) is 7.86. The summed E-state index contributed by atoms with van der Waals surface area (Å²) in [6.07, 6.45) is 1.00. The molecule has 0 saturated carbocycles. The average molecular weight is 301 g/mol. The average Bonchev–Trinajstić information content (AvgIpc) is 2.80. The smallest absolute Gasteiger partial charge is 0.227 e. The Morgan fingerprint density at radius 3 is 2.90 bits per heavy atom. The largest absolute Gasteiger partial charge is 0.369 e. The molecule has 21 heavy (non-hydrogen) atoms. The van der Waals surface area contributed by atoms with Crippen molar-refractivity contribution in [2.24, 2.45) is 5.73 Å². The summed E-state index contributed by atoms with van der Waals surface area (Å²) in [5, 5.41) is 9.89. The summed E-state index contributed by atoms with van der Waals surface area (Å²) in [4.78, 5) is 15.4. The molecule has 6 nitrogen and oxygen atoms in total. The van der Waals surface area contributed by atoms with E-state index >= 15 is 0 Å². The molecule has 1 amide bonds. The number of hydrogen-bond acceptors (Lipinski definition) is 5. The summed E-state index contributed by atoms with van der Waals surface area (Å²) in [5.74, 6) is -0.237. The Morgan fingerprint density at radius 1 is 1.33 bits per heavy atom. The zero-order valence-electron chi connectivity index (χ0n) is 11.6. The number of primary amides is 1. The Kier molecular flexibility index (Phi) is 3.74. The number of nitrogens with two attached hydrogens (primary N) is 1. The molecule has 0 saturated heterocycles. The molecule has 0 unspecified atom stereocenters. The Hall–Kier alpha value is -2.15. The lowest BCUT2D eigenvalue weighted by Crippen LogP contribution is -2.13. The highest BCUT2D eigenvalue weighted by atomic mass is 32.2. The molecule has 0 aliphatic heterocycles. The predicted octanol–water partition coefficient (Wildman–Crippen LogP) is 1.97. The number of aromatic nitrogens is 4. The second kappa shape index (κ2) is 5.69. The fourth-order valence-electron chi connectivity index (χ4n) is 2.34. The molecular formula is C14H15N5OS. The van der Waals surface area contributed by atoms with Gasteiger partial charge in [0.2, 0.25) is 11.1 Å². The number of carbonyl (C=O) groups excluding carboxylic acids is 1. The van der Waals surface area contributed by atoms with Gasteiger partial charge in [-0.3, -0.25) is 4.79 Å². The second-order valence-electron chi connectivity index (χ2n) is 4.69. The van der Waals surface area contributed by atoms with E-state index in [1.165, 1.54) is 11.8 Å². The number of rotatable bonds is 5. The van der Waals surface area contributed by atoms with Gasteiger partial charge in [-0.05, 0) is 12.5 Å². The number of para-hydroxylation sites is 1. The van der Waals surface area contributed by atoms with Crippen LogP contribution in [0.2, 0.25) is 0 Å². The van der Waals surface area contributed by atoms with Gasteiger partial charge in [-0.2, -0.15) is 0 Å². The molecule has 3 rings (SSSR count). The minimum Gasteiger partial charge on any atom is -0.369 e. The molecule has 2 N–H and O–H groups in total. The van der Waals surface area contributed by atoms with Gasteiger partial charge in [-0.25, -0.2) is 4.98 Å². The third-order valence-electron chi connectivity index (χ3n) is 3.15. The van der Waals surface area contributed by atoms with Gasteiger partial charge >= 0.3 is 0 Å². The summed E-state index contributed by atoms with van der Waals surface area (Å²) in [7, 11) is 0. The van der Waals surface area contributed by atoms with E-state index in [2.05, 4.69) is 32.7 Å². The first-order valence-corrected chi connectivity index (χ1v) is 7.72. The van der Waals surface area contributed by atoms with Crippen LogP contribution >= 0.6 is 11.8 Å². The molecule has 1 aromatic carbocycles. The normalized spacial score (nSPS) is 11.3. The van der Waals surface area contributed by atoms with Crippen LogP contribution in [0.25, 0.3) is 22.1 Å². The number of nitrogens with zero attached hydrogens (tertiary/aromatic N) is 4. The quantitative estimate of drug-likeness (QED) is 0.728. The SMILES string of the molecule is CCCn1c2ccccc2c2nnc(SCC(N)=O)nc21. The minimum atomic E-state index is -0.391. The highest BCUT2D eigenvalue weighted by Gasteiger charge is 2.14. The molecule has 0 fully saturated rings.